The molecule has 188 valence electrons. The molecule has 2 amide bonds. The summed E-state index contributed by atoms with van der Waals surface area (Å²) < 4.78 is 48.6. The van der Waals surface area contributed by atoms with Crippen molar-refractivity contribution in [3.63, 3.8) is 0 Å². The Morgan fingerprint density at radius 2 is 1.69 bits per heavy atom. The summed E-state index contributed by atoms with van der Waals surface area (Å²) in [5.74, 6) is -4.25. The van der Waals surface area contributed by atoms with Crippen molar-refractivity contribution in [3.05, 3.63) is 53.6 Å². The number of thiocarbonyl (C=S) groups is 1. The van der Waals surface area contributed by atoms with E-state index in [1.807, 2.05) is 0 Å². The van der Waals surface area contributed by atoms with Crippen LogP contribution < -0.4 is 19.9 Å². The van der Waals surface area contributed by atoms with Gasteiger partial charge in [-0.2, -0.15) is 0 Å². The third kappa shape index (κ3) is 2.87. The molecule has 3 aliphatic heterocycles. The molecule has 1 saturated heterocycles. The van der Waals surface area contributed by atoms with Crippen LogP contribution in [0, 0.1) is 5.92 Å². The maximum atomic E-state index is 14.0. The highest BCUT2D eigenvalue weighted by Gasteiger charge is 2.76. The number of anilines is 2. The number of fused-ring (bicyclic) bond motifs is 4. The molecule has 3 heterocycles. The van der Waals surface area contributed by atoms with Crippen LogP contribution in [-0.2, 0) is 30.1 Å². The Kier molecular flexibility index (Phi) is 5.12. The lowest BCUT2D eigenvalue weighted by molar-refractivity contribution is -0.274. The number of carbonyl (C=O) groups excluding carboxylic acids is 3. The summed E-state index contributed by atoms with van der Waals surface area (Å²) in [4.78, 5) is 43.9. The van der Waals surface area contributed by atoms with Crippen molar-refractivity contribution in [3.8, 4) is 5.75 Å². The summed E-state index contributed by atoms with van der Waals surface area (Å²) in [6.07, 6.45) is -4.99. The van der Waals surface area contributed by atoms with E-state index < -0.39 is 46.8 Å². The first-order valence-corrected chi connectivity index (χ1v) is 11.4. The SMILES string of the molecule is CCOC(=O)[C@H]1[C@]2(C(=O)N(C)c3ccc(OC(F)(F)F)cc32)C(=S)N[C@]12C(=O)N(C)c1ccccc12. The molecule has 0 aliphatic carbocycles. The van der Waals surface area contributed by atoms with Crippen LogP contribution in [-0.4, -0.2) is 49.8 Å². The second-order valence-corrected chi connectivity index (χ2v) is 9.14. The maximum absolute atomic E-state index is 14.0. The van der Waals surface area contributed by atoms with Gasteiger partial charge in [-0.1, -0.05) is 30.4 Å². The monoisotopic (exact) mass is 519 g/mol. The van der Waals surface area contributed by atoms with Crippen molar-refractivity contribution >= 4 is 46.4 Å². The van der Waals surface area contributed by atoms with Gasteiger partial charge in [0.25, 0.3) is 5.91 Å². The summed E-state index contributed by atoms with van der Waals surface area (Å²) in [6, 6.07) is 10.1. The number of benzene rings is 2. The van der Waals surface area contributed by atoms with Crippen LogP contribution in [0.3, 0.4) is 0 Å². The summed E-state index contributed by atoms with van der Waals surface area (Å²) in [6.45, 7) is 1.51. The van der Waals surface area contributed by atoms with Gasteiger partial charge in [-0.25, -0.2) is 0 Å². The number of rotatable bonds is 3. The number of esters is 1. The van der Waals surface area contributed by atoms with Gasteiger partial charge in [0.1, 0.15) is 17.1 Å². The number of nitrogens with zero attached hydrogens (tertiary/aromatic N) is 2. The summed E-state index contributed by atoms with van der Waals surface area (Å²) in [5.41, 5.74) is -2.67. The number of amides is 2. The van der Waals surface area contributed by atoms with E-state index in [2.05, 4.69) is 10.1 Å². The molecule has 1 N–H and O–H groups in total. The van der Waals surface area contributed by atoms with Crippen LogP contribution in [0.1, 0.15) is 18.1 Å². The highest BCUT2D eigenvalue weighted by atomic mass is 32.1. The summed E-state index contributed by atoms with van der Waals surface area (Å²) >= 11 is 5.66. The molecule has 2 aromatic rings. The Morgan fingerprint density at radius 3 is 2.36 bits per heavy atom. The molecule has 3 atom stereocenters. The van der Waals surface area contributed by atoms with Crippen molar-refractivity contribution in [1.82, 2.24) is 5.32 Å². The molecule has 36 heavy (non-hydrogen) atoms. The number of carbonyl (C=O) groups is 3. The first-order valence-electron chi connectivity index (χ1n) is 11.0. The lowest BCUT2D eigenvalue weighted by atomic mass is 9.65. The predicted molar refractivity (Wildman–Crippen MR) is 126 cm³/mol. The third-order valence-electron chi connectivity index (χ3n) is 7.02. The molecule has 0 aromatic heterocycles. The van der Waals surface area contributed by atoms with Crippen molar-refractivity contribution in [2.45, 2.75) is 24.2 Å². The number of para-hydroxylation sites is 1. The van der Waals surface area contributed by atoms with Crippen LogP contribution in [0.15, 0.2) is 42.5 Å². The fourth-order valence-electron chi connectivity index (χ4n) is 5.68. The molecule has 12 heteroatoms. The first kappa shape index (κ1) is 24.0. The molecule has 5 rings (SSSR count). The van der Waals surface area contributed by atoms with Gasteiger partial charge < -0.3 is 24.6 Å². The van der Waals surface area contributed by atoms with Gasteiger partial charge in [-0.3, -0.25) is 14.4 Å². The molecular weight excluding hydrogens is 499 g/mol. The van der Waals surface area contributed by atoms with Crippen molar-refractivity contribution in [2.75, 3.05) is 30.5 Å². The Morgan fingerprint density at radius 1 is 1.06 bits per heavy atom. The van der Waals surface area contributed by atoms with Crippen molar-refractivity contribution in [2.24, 2.45) is 5.92 Å². The number of hydrogen-bond acceptors (Lipinski definition) is 6. The molecule has 1 fully saturated rings. The second kappa shape index (κ2) is 7.66. The largest absolute Gasteiger partial charge is 0.573 e. The van der Waals surface area contributed by atoms with Gasteiger partial charge >= 0.3 is 12.3 Å². The number of alkyl halides is 3. The lowest BCUT2D eigenvalue weighted by Crippen LogP contribution is -2.56. The zero-order valence-corrected chi connectivity index (χ0v) is 20.1. The number of nitrogens with one attached hydrogen (secondary N) is 1. The zero-order chi connectivity index (χ0) is 26.2. The minimum atomic E-state index is -4.99. The number of halogens is 3. The minimum Gasteiger partial charge on any atom is -0.466 e. The first-order chi connectivity index (χ1) is 16.9. The van der Waals surface area contributed by atoms with E-state index in [9.17, 15) is 27.6 Å². The Labute approximate surface area is 208 Å². The van der Waals surface area contributed by atoms with E-state index in [0.717, 1.165) is 12.1 Å². The van der Waals surface area contributed by atoms with Crippen LogP contribution in [0.2, 0.25) is 0 Å². The van der Waals surface area contributed by atoms with E-state index in [1.54, 1.807) is 31.2 Å². The molecule has 0 saturated carbocycles. The Hall–Kier alpha value is -3.67. The highest BCUT2D eigenvalue weighted by Crippen LogP contribution is 2.60. The molecule has 2 aromatic carbocycles. The molecular formula is C24H20F3N3O5S. The standard InChI is InChI=1S/C24H20F3N3O5S/c1-4-34-18(31)17-22(14-11-12(35-24(25,26)27)9-10-16(14)29(2)20(22)32)19(36)28-23(17)13-7-5-6-8-15(13)30(3)21(23)33/h5-11,17H,4H2,1-3H3,(H,28,36)/t17-,22-,23-/m0/s1. The van der Waals surface area contributed by atoms with Crippen molar-refractivity contribution < 1.29 is 37.0 Å². The van der Waals surface area contributed by atoms with E-state index in [0.29, 0.717) is 11.3 Å². The van der Waals surface area contributed by atoms with Gasteiger partial charge in [0.2, 0.25) is 5.91 Å². The lowest BCUT2D eigenvalue weighted by Gasteiger charge is -2.34. The quantitative estimate of drug-likeness (QED) is 0.493. The fraction of sp³-hybridized carbons (Fsp3) is 0.333. The van der Waals surface area contributed by atoms with Crippen LogP contribution >= 0.6 is 12.2 Å². The Balaban J connectivity index is 1.82. The van der Waals surface area contributed by atoms with Crippen LogP contribution in [0.5, 0.6) is 5.75 Å². The molecule has 0 bridgehead atoms. The summed E-state index contributed by atoms with van der Waals surface area (Å²) in [5, 5.41) is 2.98. The number of ether oxygens (including phenoxy) is 2. The number of hydrogen-bond donors (Lipinski definition) is 1. The van der Waals surface area contributed by atoms with E-state index in [4.69, 9.17) is 17.0 Å². The molecule has 0 unspecified atom stereocenters. The van der Waals surface area contributed by atoms with Gasteiger partial charge in [0, 0.05) is 36.6 Å². The zero-order valence-electron chi connectivity index (χ0n) is 19.3. The summed E-state index contributed by atoms with van der Waals surface area (Å²) in [7, 11) is 2.95. The molecule has 3 aliphatic rings. The normalized spacial score (nSPS) is 26.5. The fourth-order valence-corrected chi connectivity index (χ4v) is 6.16. The van der Waals surface area contributed by atoms with Crippen LogP contribution in [0.4, 0.5) is 24.5 Å². The van der Waals surface area contributed by atoms with E-state index in [-0.39, 0.29) is 22.8 Å². The third-order valence-corrected chi connectivity index (χ3v) is 7.44. The average Bonchev–Trinajstić information content (AvgIpc) is 3.30. The second-order valence-electron chi connectivity index (χ2n) is 8.73. The van der Waals surface area contributed by atoms with Crippen molar-refractivity contribution in [1.29, 1.82) is 0 Å². The molecule has 0 radical (unpaired) electrons. The maximum Gasteiger partial charge on any atom is 0.573 e. The van der Waals surface area contributed by atoms with Gasteiger partial charge in [-0.15, -0.1) is 13.2 Å². The average molecular weight is 520 g/mol. The topological polar surface area (TPSA) is 88.2 Å². The molecule has 2 spiro atoms. The smallest absolute Gasteiger partial charge is 0.466 e. The van der Waals surface area contributed by atoms with E-state index in [1.165, 1.54) is 30.0 Å². The number of likely N-dealkylation sites (N-methyl/N-ethyl adjacent to an activating group) is 2. The van der Waals surface area contributed by atoms with Gasteiger partial charge in [0.05, 0.1) is 11.6 Å². The minimum absolute atomic E-state index is 0.0176. The van der Waals surface area contributed by atoms with E-state index >= 15 is 0 Å². The van der Waals surface area contributed by atoms with Gasteiger partial charge in [-0.05, 0) is 31.2 Å². The Bertz CT molecular complexity index is 1350. The highest BCUT2D eigenvalue weighted by molar-refractivity contribution is 7.80. The predicted octanol–water partition coefficient (Wildman–Crippen LogP) is 2.78. The van der Waals surface area contributed by atoms with Crippen LogP contribution in [0.25, 0.3) is 0 Å². The molecule has 8 nitrogen and oxygen atoms in total. The van der Waals surface area contributed by atoms with Gasteiger partial charge in [0.15, 0.2) is 5.54 Å².